The number of hydrogen-bond donors (Lipinski definition) is 1. The van der Waals surface area contributed by atoms with Crippen molar-refractivity contribution in [2.45, 2.75) is 0 Å². The largest absolute Gasteiger partial charge is 0.383 e. The van der Waals surface area contributed by atoms with Gasteiger partial charge in [0, 0.05) is 25.7 Å². The van der Waals surface area contributed by atoms with E-state index < -0.39 is 11.6 Å². The number of carbonyl (C=O) groups is 1. The molecule has 0 saturated carbocycles. The van der Waals surface area contributed by atoms with E-state index in [4.69, 9.17) is 4.74 Å². The summed E-state index contributed by atoms with van der Waals surface area (Å²) in [6, 6.07) is 2.10. The number of carbonyl (C=O) groups excluding carboxylic acids is 1. The smallest absolute Gasteiger partial charge is 0.254 e. The maximum atomic E-state index is 13.5. The van der Waals surface area contributed by atoms with E-state index in [9.17, 15) is 13.6 Å². The Morgan fingerprint density at radius 1 is 1.28 bits per heavy atom. The summed E-state index contributed by atoms with van der Waals surface area (Å²) in [6.45, 7) is 1.78. The monoisotopic (exact) mass is 256 g/mol. The van der Waals surface area contributed by atoms with E-state index in [1.165, 1.54) is 11.9 Å². The zero-order chi connectivity index (χ0) is 13.1. The van der Waals surface area contributed by atoms with Gasteiger partial charge in [0.1, 0.15) is 17.3 Å². The molecule has 0 spiro atoms. The van der Waals surface area contributed by atoms with Gasteiger partial charge >= 0.3 is 0 Å². The first-order chi connectivity index (χ1) is 8.63. The number of hydrogen-bond acceptors (Lipinski definition) is 3. The van der Waals surface area contributed by atoms with E-state index in [-0.39, 0.29) is 17.2 Å². The van der Waals surface area contributed by atoms with Gasteiger partial charge in [-0.3, -0.25) is 4.79 Å². The van der Waals surface area contributed by atoms with Crippen molar-refractivity contribution in [3.05, 3.63) is 29.3 Å². The number of rotatable bonds is 2. The molecule has 1 aliphatic heterocycles. The summed E-state index contributed by atoms with van der Waals surface area (Å²) in [5, 5.41) is 2.41. The van der Waals surface area contributed by atoms with Gasteiger partial charge in [-0.1, -0.05) is 0 Å². The van der Waals surface area contributed by atoms with E-state index in [1.54, 1.807) is 0 Å². The number of benzene rings is 1. The Balaban J connectivity index is 2.25. The maximum absolute atomic E-state index is 13.5. The lowest BCUT2D eigenvalue weighted by atomic mass is 10.1. The minimum Gasteiger partial charge on any atom is -0.383 e. The molecule has 1 fully saturated rings. The van der Waals surface area contributed by atoms with Crippen molar-refractivity contribution < 1.29 is 18.3 Å². The number of anilines is 1. The number of morpholine rings is 1. The molecule has 1 heterocycles. The van der Waals surface area contributed by atoms with Crippen LogP contribution in [0.25, 0.3) is 0 Å². The second-order valence-corrected chi connectivity index (χ2v) is 3.97. The van der Waals surface area contributed by atoms with E-state index in [0.29, 0.717) is 26.3 Å². The van der Waals surface area contributed by atoms with Crippen molar-refractivity contribution in [3.63, 3.8) is 0 Å². The molecule has 1 amide bonds. The maximum Gasteiger partial charge on any atom is 0.254 e. The molecule has 98 valence electrons. The normalized spacial score (nSPS) is 15.6. The lowest BCUT2D eigenvalue weighted by molar-refractivity contribution is 0.0302. The van der Waals surface area contributed by atoms with Gasteiger partial charge in [-0.05, 0) is 12.1 Å². The summed E-state index contributed by atoms with van der Waals surface area (Å²) in [5.41, 5.74) is -0.209. The molecule has 1 aliphatic rings. The second-order valence-electron chi connectivity index (χ2n) is 3.97. The molecule has 0 aliphatic carbocycles. The minimum atomic E-state index is -0.769. The Hall–Kier alpha value is -1.69. The number of nitrogens with zero attached hydrogens (tertiary/aromatic N) is 1. The predicted molar refractivity (Wildman–Crippen MR) is 62.6 cm³/mol. The molecule has 6 heteroatoms. The van der Waals surface area contributed by atoms with Crippen LogP contribution in [0.2, 0.25) is 0 Å². The second kappa shape index (κ2) is 5.30. The third-order valence-corrected chi connectivity index (χ3v) is 2.84. The van der Waals surface area contributed by atoms with Gasteiger partial charge < -0.3 is 15.0 Å². The summed E-state index contributed by atoms with van der Waals surface area (Å²) in [6.07, 6.45) is 0. The van der Waals surface area contributed by atoms with Crippen LogP contribution in [-0.4, -0.2) is 44.2 Å². The van der Waals surface area contributed by atoms with Crippen molar-refractivity contribution in [2.24, 2.45) is 0 Å². The molecule has 0 radical (unpaired) electrons. The van der Waals surface area contributed by atoms with Gasteiger partial charge in [0.05, 0.1) is 13.2 Å². The van der Waals surface area contributed by atoms with Crippen LogP contribution >= 0.6 is 0 Å². The fourth-order valence-corrected chi connectivity index (χ4v) is 1.88. The summed E-state index contributed by atoms with van der Waals surface area (Å²) < 4.78 is 32.2. The van der Waals surface area contributed by atoms with Gasteiger partial charge in [-0.15, -0.1) is 0 Å². The Morgan fingerprint density at radius 2 is 1.83 bits per heavy atom. The van der Waals surface area contributed by atoms with E-state index in [1.807, 2.05) is 0 Å². The van der Waals surface area contributed by atoms with E-state index in [2.05, 4.69) is 5.32 Å². The van der Waals surface area contributed by atoms with Crippen molar-refractivity contribution in [1.82, 2.24) is 4.90 Å². The molecular formula is C12H14F2N2O2. The molecule has 0 atom stereocenters. The fourth-order valence-electron chi connectivity index (χ4n) is 1.88. The van der Waals surface area contributed by atoms with Crippen molar-refractivity contribution in [3.8, 4) is 0 Å². The highest BCUT2D eigenvalue weighted by molar-refractivity contribution is 5.94. The molecule has 4 nitrogen and oxygen atoms in total. The first-order valence-corrected chi connectivity index (χ1v) is 5.67. The summed E-state index contributed by atoms with van der Waals surface area (Å²) in [4.78, 5) is 13.5. The average Bonchev–Trinajstić information content (AvgIpc) is 2.38. The molecule has 0 aromatic heterocycles. The van der Waals surface area contributed by atoms with Crippen molar-refractivity contribution >= 4 is 11.6 Å². The van der Waals surface area contributed by atoms with E-state index >= 15 is 0 Å². The van der Waals surface area contributed by atoms with Crippen LogP contribution in [0.1, 0.15) is 10.4 Å². The summed E-state index contributed by atoms with van der Waals surface area (Å²) in [7, 11) is 1.42. The Morgan fingerprint density at radius 3 is 2.33 bits per heavy atom. The van der Waals surface area contributed by atoms with Gasteiger partial charge in [0.25, 0.3) is 5.91 Å². The molecular weight excluding hydrogens is 242 g/mol. The number of ether oxygens (including phenoxy) is 1. The number of amides is 1. The first kappa shape index (κ1) is 12.8. The van der Waals surface area contributed by atoms with Crippen LogP contribution in [0.5, 0.6) is 0 Å². The standard InChI is InChI=1S/C12H14F2N2O2/c1-15-11-9(13)6-8(7-10(11)14)12(17)16-2-4-18-5-3-16/h6-7,15H,2-5H2,1H3. The molecule has 1 aromatic rings. The first-order valence-electron chi connectivity index (χ1n) is 5.67. The lowest BCUT2D eigenvalue weighted by Gasteiger charge is -2.27. The highest BCUT2D eigenvalue weighted by atomic mass is 19.1. The molecule has 1 saturated heterocycles. The van der Waals surface area contributed by atoms with Crippen LogP contribution in [0, 0.1) is 11.6 Å². The predicted octanol–water partition coefficient (Wildman–Crippen LogP) is 1.48. The zero-order valence-corrected chi connectivity index (χ0v) is 10.0. The van der Waals surface area contributed by atoms with Gasteiger partial charge in [-0.25, -0.2) is 8.78 Å². The summed E-state index contributed by atoms with van der Waals surface area (Å²) in [5.74, 6) is -1.91. The molecule has 1 aromatic carbocycles. The fraction of sp³-hybridized carbons (Fsp3) is 0.417. The third-order valence-electron chi connectivity index (χ3n) is 2.84. The van der Waals surface area contributed by atoms with Crippen LogP contribution in [0.3, 0.4) is 0 Å². The number of halogens is 2. The summed E-state index contributed by atoms with van der Waals surface area (Å²) >= 11 is 0. The van der Waals surface area contributed by atoms with Gasteiger partial charge in [0.2, 0.25) is 0 Å². The molecule has 0 bridgehead atoms. The van der Waals surface area contributed by atoms with Crippen LogP contribution < -0.4 is 5.32 Å². The highest BCUT2D eigenvalue weighted by Gasteiger charge is 2.21. The average molecular weight is 256 g/mol. The molecule has 18 heavy (non-hydrogen) atoms. The minimum absolute atomic E-state index is 0.0194. The third kappa shape index (κ3) is 2.43. The van der Waals surface area contributed by atoms with Gasteiger partial charge in [0.15, 0.2) is 0 Å². The molecule has 2 rings (SSSR count). The van der Waals surface area contributed by atoms with E-state index in [0.717, 1.165) is 12.1 Å². The SMILES string of the molecule is CNc1c(F)cc(C(=O)N2CCOCC2)cc1F. The van der Waals surface area contributed by atoms with Crippen molar-refractivity contribution in [1.29, 1.82) is 0 Å². The lowest BCUT2D eigenvalue weighted by Crippen LogP contribution is -2.40. The topological polar surface area (TPSA) is 41.6 Å². The van der Waals surface area contributed by atoms with Crippen LogP contribution in [-0.2, 0) is 4.74 Å². The van der Waals surface area contributed by atoms with Crippen molar-refractivity contribution in [2.75, 3.05) is 38.7 Å². The van der Waals surface area contributed by atoms with Crippen LogP contribution in [0.15, 0.2) is 12.1 Å². The van der Waals surface area contributed by atoms with Crippen LogP contribution in [0.4, 0.5) is 14.5 Å². The quantitative estimate of drug-likeness (QED) is 0.871. The van der Waals surface area contributed by atoms with Gasteiger partial charge in [-0.2, -0.15) is 0 Å². The molecule has 0 unspecified atom stereocenters. The zero-order valence-electron chi connectivity index (χ0n) is 10.0. The highest BCUT2D eigenvalue weighted by Crippen LogP contribution is 2.21. The number of nitrogens with one attached hydrogen (secondary N) is 1. The Bertz CT molecular complexity index is 436. The Labute approximate surface area is 104 Å². The Kier molecular flexibility index (Phi) is 3.76. The molecule has 1 N–H and O–H groups in total.